The summed E-state index contributed by atoms with van der Waals surface area (Å²) in [5, 5.41) is 0. The molecule has 0 aromatic carbocycles. The van der Waals surface area contributed by atoms with Gasteiger partial charge in [-0.1, -0.05) is 39.5 Å². The fourth-order valence-electron chi connectivity index (χ4n) is 3.22. The van der Waals surface area contributed by atoms with E-state index in [0.717, 1.165) is 46.3 Å². The van der Waals surface area contributed by atoms with Gasteiger partial charge >= 0.3 is 0 Å². The average molecular weight is 460 g/mol. The van der Waals surface area contributed by atoms with E-state index in [0.29, 0.717) is 0 Å². The molecular weight excluding hydrogens is 440 g/mol. The van der Waals surface area contributed by atoms with Crippen molar-refractivity contribution in [1.29, 1.82) is 0 Å². The predicted molar refractivity (Wildman–Crippen MR) is 122 cm³/mol. The van der Waals surface area contributed by atoms with Crippen LogP contribution in [0, 0.1) is 0 Å². The van der Waals surface area contributed by atoms with Crippen molar-refractivity contribution >= 4 is 34.9 Å². The third-order valence-electron chi connectivity index (χ3n) is 4.67. The number of allylic oxidation sites excluding steroid dienone is 4. The lowest BCUT2D eigenvalue weighted by molar-refractivity contribution is -0.135. The summed E-state index contributed by atoms with van der Waals surface area (Å²) in [6.45, 7) is 20.3. The highest BCUT2D eigenvalue weighted by molar-refractivity contribution is 6.18. The van der Waals surface area contributed by atoms with Gasteiger partial charge in [0.05, 0.1) is 0 Å². The maximum atomic E-state index is 12.9. The minimum Gasteiger partial charge on any atom is -0.335 e. The second-order valence-corrected chi connectivity index (χ2v) is 6.51. The lowest BCUT2D eigenvalue weighted by Crippen LogP contribution is -2.40. The molecule has 2 amide bonds. The molecule has 2 rings (SSSR count). The molecule has 2 heterocycles. The highest BCUT2D eigenvalue weighted by atomic mass is 16.2. The summed E-state index contributed by atoms with van der Waals surface area (Å²) < 4.78 is 0. The number of ketones is 4. The van der Waals surface area contributed by atoms with Crippen LogP contribution >= 0.6 is 0 Å². The summed E-state index contributed by atoms with van der Waals surface area (Å²) in [7, 11) is 0. The number of hydrogen-bond donors (Lipinski definition) is 1. The molecule has 0 saturated carbocycles. The molecule has 0 fully saturated rings. The Labute approximate surface area is 194 Å². The summed E-state index contributed by atoms with van der Waals surface area (Å²) in [6, 6.07) is 0. The first-order chi connectivity index (χ1) is 16.1. The zero-order valence-electron chi connectivity index (χ0n) is 18.1. The van der Waals surface area contributed by atoms with Crippen molar-refractivity contribution in [3.05, 3.63) is 105 Å². The molecule has 1 aromatic rings. The highest BCUT2D eigenvalue weighted by Gasteiger charge is 2.49. The molecule has 0 radical (unpaired) electrons. The first-order valence-corrected chi connectivity index (χ1v) is 9.55. The smallest absolute Gasteiger partial charge is 0.252 e. The first-order valence-electron chi connectivity index (χ1n) is 9.55. The second-order valence-electron chi connectivity index (χ2n) is 6.51. The molecule has 0 spiro atoms. The standard InChI is InChI=1S/C24H20N4O6/c1-7-13(29)19-20(14(30)8-2)26-23(25-19)24-27(17(33)11-5)21(15(31)9-3)22(16(32)10-4)28(24)18(34)12-6/h7-12,24H,1-6H2,(H,25,26). The van der Waals surface area contributed by atoms with Gasteiger partial charge in [-0.3, -0.25) is 38.6 Å². The summed E-state index contributed by atoms with van der Waals surface area (Å²) in [6.07, 6.45) is 3.60. The predicted octanol–water partition coefficient (Wildman–Crippen LogP) is 1.91. The summed E-state index contributed by atoms with van der Waals surface area (Å²) in [5.74, 6) is -5.29. The molecule has 0 unspecified atom stereocenters. The van der Waals surface area contributed by atoms with Crippen LogP contribution in [0.25, 0.3) is 0 Å². The number of amides is 2. The Morgan fingerprint density at radius 3 is 1.41 bits per heavy atom. The van der Waals surface area contributed by atoms with Gasteiger partial charge in [-0.2, -0.15) is 0 Å². The third kappa shape index (κ3) is 4.07. The SMILES string of the molecule is C=CC(=O)C1=C(C(=O)C=C)N(C(=O)C=C)C(c2nc(C(=O)C=C)c(C(=O)C=C)[nH]2)N1C(=O)C=C. The first kappa shape index (κ1) is 25.3. The maximum Gasteiger partial charge on any atom is 0.252 e. The van der Waals surface area contributed by atoms with E-state index in [-0.39, 0.29) is 17.2 Å². The molecule has 172 valence electrons. The van der Waals surface area contributed by atoms with Gasteiger partial charge in [-0.05, 0) is 36.5 Å². The topological polar surface area (TPSA) is 138 Å². The molecule has 1 N–H and O–H groups in total. The highest BCUT2D eigenvalue weighted by Crippen LogP contribution is 2.40. The lowest BCUT2D eigenvalue weighted by Gasteiger charge is -2.29. The number of hydrogen-bond acceptors (Lipinski definition) is 7. The number of H-pyrrole nitrogens is 1. The lowest BCUT2D eigenvalue weighted by atomic mass is 10.1. The Kier molecular flexibility index (Phi) is 7.50. The number of imidazole rings is 1. The van der Waals surface area contributed by atoms with Gasteiger partial charge < -0.3 is 4.98 Å². The van der Waals surface area contributed by atoms with E-state index in [1.165, 1.54) is 0 Å². The Morgan fingerprint density at radius 1 is 0.647 bits per heavy atom. The van der Waals surface area contributed by atoms with E-state index >= 15 is 0 Å². The Hall–Kier alpha value is -4.99. The van der Waals surface area contributed by atoms with Crippen LogP contribution in [-0.4, -0.2) is 54.7 Å². The minimum atomic E-state index is -1.60. The van der Waals surface area contributed by atoms with E-state index in [9.17, 15) is 28.8 Å². The molecule has 1 aromatic heterocycles. The van der Waals surface area contributed by atoms with Crippen LogP contribution in [0.3, 0.4) is 0 Å². The van der Waals surface area contributed by atoms with E-state index < -0.39 is 52.5 Å². The fraction of sp³-hybridized carbons (Fsp3) is 0.0417. The van der Waals surface area contributed by atoms with Gasteiger partial charge in [0.2, 0.25) is 23.1 Å². The number of nitrogens with zero attached hydrogens (tertiary/aromatic N) is 3. The van der Waals surface area contributed by atoms with Gasteiger partial charge in [-0.25, -0.2) is 4.98 Å². The van der Waals surface area contributed by atoms with Crippen LogP contribution in [0.1, 0.15) is 33.0 Å². The molecule has 0 bridgehead atoms. The number of carbonyl (C=O) groups is 6. The normalized spacial score (nSPS) is 13.2. The molecular formula is C24H20N4O6. The summed E-state index contributed by atoms with van der Waals surface area (Å²) in [5.41, 5.74) is -1.68. The second kappa shape index (κ2) is 10.1. The van der Waals surface area contributed by atoms with E-state index in [2.05, 4.69) is 49.4 Å². The van der Waals surface area contributed by atoms with Crippen LogP contribution in [0.4, 0.5) is 0 Å². The fourth-order valence-corrected chi connectivity index (χ4v) is 3.22. The van der Waals surface area contributed by atoms with Gasteiger partial charge in [0.25, 0.3) is 11.8 Å². The summed E-state index contributed by atoms with van der Waals surface area (Å²) >= 11 is 0. The quantitative estimate of drug-likeness (QED) is 0.393. The van der Waals surface area contributed by atoms with E-state index in [4.69, 9.17) is 0 Å². The number of aromatic amines is 1. The van der Waals surface area contributed by atoms with Gasteiger partial charge in [-0.15, -0.1) is 0 Å². The van der Waals surface area contributed by atoms with Crippen LogP contribution in [0.2, 0.25) is 0 Å². The van der Waals surface area contributed by atoms with Crippen LogP contribution in [0.5, 0.6) is 0 Å². The molecule has 10 heteroatoms. The van der Waals surface area contributed by atoms with Crippen LogP contribution in [0.15, 0.2) is 87.3 Å². The molecule has 1 aliphatic rings. The molecule has 0 atom stereocenters. The monoisotopic (exact) mass is 460 g/mol. The largest absolute Gasteiger partial charge is 0.335 e. The average Bonchev–Trinajstić information content (AvgIpc) is 3.45. The van der Waals surface area contributed by atoms with Gasteiger partial charge in [0.1, 0.15) is 22.8 Å². The van der Waals surface area contributed by atoms with Crippen molar-refractivity contribution in [3.63, 3.8) is 0 Å². The van der Waals surface area contributed by atoms with Crippen molar-refractivity contribution in [2.75, 3.05) is 0 Å². The number of carbonyl (C=O) groups excluding carboxylic acids is 6. The van der Waals surface area contributed by atoms with Crippen molar-refractivity contribution in [1.82, 2.24) is 19.8 Å². The minimum absolute atomic E-state index is 0.290. The van der Waals surface area contributed by atoms with Gasteiger partial charge in [0.15, 0.2) is 12.0 Å². The van der Waals surface area contributed by atoms with Crippen molar-refractivity contribution in [2.24, 2.45) is 0 Å². The molecule has 0 saturated heterocycles. The van der Waals surface area contributed by atoms with Crippen LogP contribution in [-0.2, 0) is 19.2 Å². The molecule has 34 heavy (non-hydrogen) atoms. The van der Waals surface area contributed by atoms with Crippen molar-refractivity contribution in [2.45, 2.75) is 6.17 Å². The van der Waals surface area contributed by atoms with Crippen molar-refractivity contribution < 1.29 is 28.8 Å². The Morgan fingerprint density at radius 2 is 1.06 bits per heavy atom. The number of rotatable bonds is 11. The third-order valence-corrected chi connectivity index (χ3v) is 4.67. The maximum absolute atomic E-state index is 12.9. The Bertz CT molecular complexity index is 1150. The molecule has 0 aliphatic carbocycles. The molecule has 1 aliphatic heterocycles. The zero-order chi connectivity index (χ0) is 25.7. The number of nitrogens with one attached hydrogen (secondary N) is 1. The summed E-state index contributed by atoms with van der Waals surface area (Å²) in [4.78, 5) is 84.3. The van der Waals surface area contributed by atoms with E-state index in [1.54, 1.807) is 0 Å². The Balaban J connectivity index is 3.01. The zero-order valence-corrected chi connectivity index (χ0v) is 18.1. The van der Waals surface area contributed by atoms with Crippen LogP contribution < -0.4 is 0 Å². The van der Waals surface area contributed by atoms with Crippen molar-refractivity contribution in [3.8, 4) is 0 Å². The molecule has 10 nitrogen and oxygen atoms in total. The number of aromatic nitrogens is 2. The van der Waals surface area contributed by atoms with Gasteiger partial charge in [0, 0.05) is 0 Å². The van der Waals surface area contributed by atoms with E-state index in [1.807, 2.05) is 0 Å².